The van der Waals surface area contributed by atoms with E-state index in [1.807, 2.05) is 6.92 Å². The smallest absolute Gasteiger partial charge is 0.325 e. The van der Waals surface area contributed by atoms with Crippen LogP contribution >= 0.6 is 11.3 Å². The Labute approximate surface area is 204 Å². The van der Waals surface area contributed by atoms with Gasteiger partial charge in [-0.05, 0) is 55.5 Å². The van der Waals surface area contributed by atoms with Crippen molar-refractivity contribution in [3.05, 3.63) is 88.5 Å². The van der Waals surface area contributed by atoms with Gasteiger partial charge in [0.15, 0.2) is 4.80 Å². The number of ether oxygens (including phenoxy) is 1. The Bertz CT molecular complexity index is 1610. The molecule has 1 amide bonds. The minimum atomic E-state index is -3.86. The third kappa shape index (κ3) is 5.47. The van der Waals surface area contributed by atoms with Gasteiger partial charge >= 0.3 is 5.97 Å². The highest BCUT2D eigenvalue weighted by Crippen LogP contribution is 2.20. The van der Waals surface area contributed by atoms with E-state index in [1.54, 1.807) is 12.1 Å². The van der Waals surface area contributed by atoms with Gasteiger partial charge in [-0.1, -0.05) is 35.1 Å². The summed E-state index contributed by atoms with van der Waals surface area (Å²) in [4.78, 5) is 29.2. The first kappa shape index (κ1) is 24.3. The second-order valence-corrected chi connectivity index (χ2v) is 10.3. The first-order chi connectivity index (χ1) is 16.7. The van der Waals surface area contributed by atoms with E-state index >= 15 is 0 Å². The van der Waals surface area contributed by atoms with Crippen molar-refractivity contribution in [2.24, 2.45) is 4.99 Å². The highest BCUT2D eigenvalue weighted by atomic mass is 32.2. The number of carbonyl (C=O) groups excluding carboxylic acids is 2. The molecule has 0 spiro atoms. The molecule has 0 aliphatic heterocycles. The van der Waals surface area contributed by atoms with Crippen LogP contribution in [0.25, 0.3) is 10.2 Å². The zero-order valence-corrected chi connectivity index (χ0v) is 20.3. The molecule has 0 aliphatic carbocycles. The number of aromatic nitrogens is 1. The Morgan fingerprint density at radius 1 is 1.09 bits per heavy atom. The zero-order chi connectivity index (χ0) is 25.2. The van der Waals surface area contributed by atoms with E-state index in [2.05, 4.69) is 9.71 Å². The van der Waals surface area contributed by atoms with Gasteiger partial charge in [0.1, 0.15) is 12.4 Å². The summed E-state index contributed by atoms with van der Waals surface area (Å²) in [6.07, 6.45) is 0. The number of nitrogens with zero attached hydrogens (tertiary/aromatic N) is 2. The lowest BCUT2D eigenvalue weighted by Gasteiger charge is -2.09. The van der Waals surface area contributed by atoms with Crippen molar-refractivity contribution in [3.63, 3.8) is 0 Å². The molecule has 0 aliphatic rings. The van der Waals surface area contributed by atoms with Crippen LogP contribution in [0.5, 0.6) is 0 Å². The number of fused-ring (bicyclic) bond motifs is 1. The van der Waals surface area contributed by atoms with Gasteiger partial charge in [0.25, 0.3) is 15.9 Å². The monoisotopic (exact) mass is 513 g/mol. The highest BCUT2D eigenvalue weighted by molar-refractivity contribution is 7.92. The molecule has 0 fully saturated rings. The fourth-order valence-corrected chi connectivity index (χ4v) is 5.38. The molecule has 1 aromatic heterocycles. The number of aryl methyl sites for hydroxylation is 1. The molecular formula is C24H20FN3O5S2. The lowest BCUT2D eigenvalue weighted by molar-refractivity contribution is -0.141. The largest absolute Gasteiger partial charge is 0.468 e. The summed E-state index contributed by atoms with van der Waals surface area (Å²) in [7, 11) is -2.62. The standard InChI is InChI=1S/C24H20FN3O5S2/c1-15-6-9-19(10-7-15)35(31,32)27-18-5-3-4-16(12-18)23(30)26-24-28(14-22(29)33-2)20-11-8-17(25)13-21(20)34-24/h3-13,27H,14H2,1-2H3. The van der Waals surface area contributed by atoms with Gasteiger partial charge in [0, 0.05) is 11.3 Å². The Kier molecular flexibility index (Phi) is 6.81. The minimum absolute atomic E-state index is 0.0888. The van der Waals surface area contributed by atoms with Gasteiger partial charge in [-0.25, -0.2) is 12.8 Å². The maximum absolute atomic E-state index is 13.7. The predicted molar refractivity (Wildman–Crippen MR) is 130 cm³/mol. The van der Waals surface area contributed by atoms with E-state index in [0.29, 0.717) is 10.2 Å². The summed E-state index contributed by atoms with van der Waals surface area (Å²) in [6.45, 7) is 1.63. The van der Waals surface area contributed by atoms with E-state index in [4.69, 9.17) is 4.74 Å². The summed E-state index contributed by atoms with van der Waals surface area (Å²) < 4.78 is 48.2. The van der Waals surface area contributed by atoms with E-state index in [-0.39, 0.29) is 27.5 Å². The molecule has 0 unspecified atom stereocenters. The number of esters is 1. The summed E-state index contributed by atoms with van der Waals surface area (Å²) in [5.41, 5.74) is 1.76. The average Bonchev–Trinajstić information content (AvgIpc) is 3.14. The highest BCUT2D eigenvalue weighted by Gasteiger charge is 2.16. The van der Waals surface area contributed by atoms with Crippen LogP contribution in [0.2, 0.25) is 0 Å². The second kappa shape index (κ2) is 9.80. The summed E-state index contributed by atoms with van der Waals surface area (Å²) in [6, 6.07) is 16.3. The Balaban J connectivity index is 1.68. The van der Waals surface area contributed by atoms with Gasteiger partial charge in [0.05, 0.1) is 22.2 Å². The van der Waals surface area contributed by atoms with Gasteiger partial charge in [-0.2, -0.15) is 4.99 Å². The third-order valence-corrected chi connectivity index (χ3v) is 7.49. The van der Waals surface area contributed by atoms with Gasteiger partial charge in [0.2, 0.25) is 0 Å². The van der Waals surface area contributed by atoms with Crippen LogP contribution in [0, 0.1) is 12.7 Å². The molecule has 1 N–H and O–H groups in total. The number of nitrogens with one attached hydrogen (secondary N) is 1. The lowest BCUT2D eigenvalue weighted by atomic mass is 10.2. The predicted octanol–water partition coefficient (Wildman–Crippen LogP) is 3.87. The molecule has 11 heteroatoms. The Hall–Kier alpha value is -3.83. The first-order valence-corrected chi connectivity index (χ1v) is 12.6. The molecule has 35 heavy (non-hydrogen) atoms. The van der Waals surface area contributed by atoms with Crippen LogP contribution in [-0.2, 0) is 26.1 Å². The molecule has 0 bridgehead atoms. The SMILES string of the molecule is COC(=O)Cn1c(=NC(=O)c2cccc(NS(=O)(=O)c3ccc(C)cc3)c2)sc2cc(F)ccc21. The molecule has 0 atom stereocenters. The number of hydrogen-bond acceptors (Lipinski definition) is 6. The van der Waals surface area contributed by atoms with Crippen LogP contribution in [0.3, 0.4) is 0 Å². The molecule has 4 rings (SSSR count). The number of methoxy groups -OCH3 is 1. The van der Waals surface area contributed by atoms with E-state index < -0.39 is 27.7 Å². The lowest BCUT2D eigenvalue weighted by Crippen LogP contribution is -2.22. The Morgan fingerprint density at radius 2 is 1.83 bits per heavy atom. The zero-order valence-electron chi connectivity index (χ0n) is 18.7. The van der Waals surface area contributed by atoms with Crippen molar-refractivity contribution < 1.29 is 27.1 Å². The van der Waals surface area contributed by atoms with Crippen LogP contribution in [0.1, 0.15) is 15.9 Å². The number of halogens is 1. The van der Waals surface area contributed by atoms with Crippen molar-refractivity contribution >= 4 is 49.1 Å². The van der Waals surface area contributed by atoms with E-state index in [1.165, 1.54) is 66.3 Å². The second-order valence-electron chi connectivity index (χ2n) is 7.58. The van der Waals surface area contributed by atoms with Crippen molar-refractivity contribution in [1.29, 1.82) is 0 Å². The number of amides is 1. The van der Waals surface area contributed by atoms with Crippen molar-refractivity contribution in [3.8, 4) is 0 Å². The van der Waals surface area contributed by atoms with Crippen LogP contribution in [-0.4, -0.2) is 32.0 Å². The number of carbonyl (C=O) groups is 2. The summed E-state index contributed by atoms with van der Waals surface area (Å²) in [5.74, 6) is -1.68. The molecule has 0 radical (unpaired) electrons. The van der Waals surface area contributed by atoms with Crippen molar-refractivity contribution in [2.45, 2.75) is 18.4 Å². The van der Waals surface area contributed by atoms with Crippen molar-refractivity contribution in [2.75, 3.05) is 11.8 Å². The third-order valence-electron chi connectivity index (χ3n) is 5.05. The van der Waals surface area contributed by atoms with Gasteiger partial charge in [-0.3, -0.25) is 14.3 Å². The first-order valence-electron chi connectivity index (χ1n) is 10.3. The maximum atomic E-state index is 13.7. The quantitative estimate of drug-likeness (QED) is 0.394. The minimum Gasteiger partial charge on any atom is -0.468 e. The Morgan fingerprint density at radius 3 is 2.54 bits per heavy atom. The summed E-state index contributed by atoms with van der Waals surface area (Å²) >= 11 is 1.04. The van der Waals surface area contributed by atoms with E-state index in [0.717, 1.165) is 16.9 Å². The fraction of sp³-hybridized carbons (Fsp3) is 0.125. The molecule has 4 aromatic rings. The molecule has 0 saturated heterocycles. The molecule has 180 valence electrons. The van der Waals surface area contributed by atoms with Crippen LogP contribution < -0.4 is 9.52 Å². The van der Waals surface area contributed by atoms with E-state index in [9.17, 15) is 22.4 Å². The van der Waals surface area contributed by atoms with Crippen LogP contribution in [0.15, 0.2) is 76.6 Å². The van der Waals surface area contributed by atoms with Crippen LogP contribution in [0.4, 0.5) is 10.1 Å². The topological polar surface area (TPSA) is 107 Å². The number of sulfonamides is 1. The molecular weight excluding hydrogens is 493 g/mol. The molecule has 0 saturated carbocycles. The molecule has 3 aromatic carbocycles. The number of anilines is 1. The number of hydrogen-bond donors (Lipinski definition) is 1. The number of rotatable bonds is 6. The van der Waals surface area contributed by atoms with Crippen molar-refractivity contribution in [1.82, 2.24) is 4.57 Å². The molecule has 1 heterocycles. The van der Waals surface area contributed by atoms with Gasteiger partial charge in [-0.15, -0.1) is 0 Å². The number of benzene rings is 3. The average molecular weight is 514 g/mol. The number of thiazole rings is 1. The fourth-order valence-electron chi connectivity index (χ4n) is 3.28. The normalized spacial score (nSPS) is 12.0. The molecule has 8 nitrogen and oxygen atoms in total. The van der Waals surface area contributed by atoms with Gasteiger partial charge < -0.3 is 9.30 Å². The summed E-state index contributed by atoms with van der Waals surface area (Å²) in [5, 5.41) is 0. The maximum Gasteiger partial charge on any atom is 0.325 e.